The molecule has 4 heteroatoms. The molecule has 2 nitrogen and oxygen atoms in total. The third-order valence-corrected chi connectivity index (χ3v) is 5.64. The van der Waals surface area contributed by atoms with Crippen LogP contribution in [0.5, 0.6) is 0 Å². The Morgan fingerprint density at radius 2 is 2.00 bits per heavy atom. The van der Waals surface area contributed by atoms with E-state index in [1.54, 1.807) is 6.08 Å². The summed E-state index contributed by atoms with van der Waals surface area (Å²) in [5.74, 6) is 0.182. The van der Waals surface area contributed by atoms with Crippen molar-refractivity contribution in [3.63, 3.8) is 0 Å². The van der Waals surface area contributed by atoms with E-state index in [-0.39, 0.29) is 11.6 Å². The Hall–Kier alpha value is -1.97. The van der Waals surface area contributed by atoms with Crippen LogP contribution in [-0.2, 0) is 0 Å². The minimum absolute atomic E-state index is 0.219. The molecule has 0 spiro atoms. The van der Waals surface area contributed by atoms with Crippen molar-refractivity contribution in [1.82, 2.24) is 4.90 Å². The molecule has 2 aliphatic rings. The van der Waals surface area contributed by atoms with E-state index in [4.69, 9.17) is 0 Å². The molecule has 0 aromatic rings. The van der Waals surface area contributed by atoms with E-state index < -0.39 is 5.83 Å². The highest BCUT2D eigenvalue weighted by atomic mass is 19.1. The third-order valence-electron chi connectivity index (χ3n) is 5.64. The second-order valence-corrected chi connectivity index (χ2v) is 8.08. The zero-order chi connectivity index (χ0) is 21.1. The van der Waals surface area contributed by atoms with E-state index in [0.717, 1.165) is 37.9 Å². The number of hydrogen-bond acceptors (Lipinski definition) is 2. The minimum Gasteiger partial charge on any atom is -0.354 e. The second kappa shape index (κ2) is 12.6. The highest BCUT2D eigenvalue weighted by Crippen LogP contribution is 2.28. The van der Waals surface area contributed by atoms with Gasteiger partial charge < -0.3 is 4.90 Å². The number of rotatable bonds is 10. The van der Waals surface area contributed by atoms with Crippen LogP contribution in [0.15, 0.2) is 64.0 Å². The molecular formula is C25H36F2N2. The molecule has 0 unspecified atom stereocenters. The van der Waals surface area contributed by atoms with Gasteiger partial charge in [0.1, 0.15) is 5.83 Å². The highest BCUT2D eigenvalue weighted by Gasteiger charge is 2.20. The second-order valence-electron chi connectivity index (χ2n) is 8.08. The molecule has 2 aliphatic carbocycles. The first kappa shape index (κ1) is 23.3. The maximum Gasteiger partial charge on any atom is 0.165 e. The molecule has 0 aromatic carbocycles. The van der Waals surface area contributed by atoms with E-state index in [0.29, 0.717) is 17.9 Å². The van der Waals surface area contributed by atoms with Gasteiger partial charge in [-0.25, -0.2) is 13.8 Å². The molecular weight excluding hydrogens is 366 g/mol. The largest absolute Gasteiger partial charge is 0.354 e. The predicted molar refractivity (Wildman–Crippen MR) is 120 cm³/mol. The smallest absolute Gasteiger partial charge is 0.165 e. The molecule has 0 saturated heterocycles. The van der Waals surface area contributed by atoms with E-state index >= 15 is 4.39 Å². The summed E-state index contributed by atoms with van der Waals surface area (Å²) in [5.41, 5.74) is 1.48. The van der Waals surface area contributed by atoms with Crippen LogP contribution in [0.4, 0.5) is 8.78 Å². The maximum absolute atomic E-state index is 15.0. The Balaban J connectivity index is 2.16. The lowest BCUT2D eigenvalue weighted by Crippen LogP contribution is -2.30. The molecule has 1 fully saturated rings. The van der Waals surface area contributed by atoms with Crippen LogP contribution >= 0.6 is 0 Å². The summed E-state index contributed by atoms with van der Waals surface area (Å²) in [7, 11) is 0. The van der Waals surface area contributed by atoms with Crippen molar-refractivity contribution in [2.45, 2.75) is 71.6 Å². The first-order valence-corrected chi connectivity index (χ1v) is 11.1. The van der Waals surface area contributed by atoms with Crippen LogP contribution in [0.1, 0.15) is 71.6 Å². The van der Waals surface area contributed by atoms with Crippen molar-refractivity contribution >= 4 is 6.72 Å². The monoisotopic (exact) mass is 402 g/mol. The number of nitrogens with zero attached hydrogens (tertiary/aromatic N) is 2. The standard InChI is InChI=1S/C25H36F2N2/c1-4-10-20-13-9-14-22(24(27)18-20)15-16-23(26)25(28-3)29(17-5-2)19-21-11-7-6-8-12-21/h9,13-16,21H,3-8,10-12,17-19H2,1-2H3/b16-15+,25-23-. The molecule has 0 aliphatic heterocycles. The van der Waals surface area contributed by atoms with E-state index in [1.165, 1.54) is 44.3 Å². The first-order chi connectivity index (χ1) is 14.1. The molecule has 0 radical (unpaired) electrons. The van der Waals surface area contributed by atoms with Gasteiger partial charge in [-0.3, -0.25) is 0 Å². The molecule has 2 rings (SSSR count). The maximum atomic E-state index is 15.0. The fourth-order valence-corrected chi connectivity index (χ4v) is 4.18. The van der Waals surface area contributed by atoms with Crippen molar-refractivity contribution in [2.75, 3.05) is 13.1 Å². The average Bonchev–Trinajstić information content (AvgIpc) is 2.89. The van der Waals surface area contributed by atoms with E-state index in [9.17, 15) is 4.39 Å². The summed E-state index contributed by atoms with van der Waals surface area (Å²) in [6.07, 6.45) is 17.6. The van der Waals surface area contributed by atoms with Crippen LogP contribution in [0, 0.1) is 5.92 Å². The third kappa shape index (κ3) is 7.41. The lowest BCUT2D eigenvalue weighted by molar-refractivity contribution is 0.234. The lowest BCUT2D eigenvalue weighted by atomic mass is 9.89. The van der Waals surface area contributed by atoms with Gasteiger partial charge in [0.25, 0.3) is 0 Å². The van der Waals surface area contributed by atoms with E-state index in [1.807, 2.05) is 17.1 Å². The zero-order valence-corrected chi connectivity index (χ0v) is 18.1. The molecule has 0 N–H and O–H groups in total. The van der Waals surface area contributed by atoms with Gasteiger partial charge in [-0.05, 0) is 50.5 Å². The molecule has 0 amide bonds. The van der Waals surface area contributed by atoms with Crippen LogP contribution in [-0.4, -0.2) is 24.7 Å². The molecule has 29 heavy (non-hydrogen) atoms. The molecule has 0 heterocycles. The Bertz CT molecular complexity index is 692. The van der Waals surface area contributed by atoms with Gasteiger partial charge in [0, 0.05) is 25.1 Å². The lowest BCUT2D eigenvalue weighted by Gasteiger charge is -2.31. The SMILES string of the molecule is C=N/C(=C(F)\C=C\C1=C(F)CC(CCC)=CC=C1)N(CCC)CC1CCCCC1. The predicted octanol–water partition coefficient (Wildman–Crippen LogP) is 7.58. The van der Waals surface area contributed by atoms with Gasteiger partial charge in [0.05, 0.1) is 0 Å². The fourth-order valence-electron chi connectivity index (χ4n) is 4.18. The quantitative estimate of drug-likeness (QED) is 0.271. The van der Waals surface area contributed by atoms with E-state index in [2.05, 4.69) is 25.6 Å². The summed E-state index contributed by atoms with van der Waals surface area (Å²) in [5, 5.41) is 0. The molecule has 1 saturated carbocycles. The normalized spacial score (nSPS) is 19.2. The van der Waals surface area contributed by atoms with Gasteiger partial charge in [-0.1, -0.05) is 63.3 Å². The number of aliphatic imine (C=N–C) groups is 1. The van der Waals surface area contributed by atoms with Crippen LogP contribution < -0.4 is 0 Å². The molecule has 0 aromatic heterocycles. The zero-order valence-electron chi connectivity index (χ0n) is 18.1. The topological polar surface area (TPSA) is 15.6 Å². The van der Waals surface area contributed by atoms with Gasteiger partial charge >= 0.3 is 0 Å². The van der Waals surface area contributed by atoms with Gasteiger partial charge in [-0.15, -0.1) is 0 Å². The van der Waals surface area contributed by atoms with Gasteiger partial charge in [-0.2, -0.15) is 0 Å². The Morgan fingerprint density at radius 3 is 2.66 bits per heavy atom. The Kier molecular flexibility index (Phi) is 10.1. The van der Waals surface area contributed by atoms with Crippen LogP contribution in [0.3, 0.4) is 0 Å². The highest BCUT2D eigenvalue weighted by molar-refractivity contribution is 5.42. The molecule has 0 atom stereocenters. The molecule has 160 valence electrons. The van der Waals surface area contributed by atoms with Crippen molar-refractivity contribution in [3.8, 4) is 0 Å². The Morgan fingerprint density at radius 1 is 1.24 bits per heavy atom. The van der Waals surface area contributed by atoms with Crippen LogP contribution in [0.25, 0.3) is 0 Å². The van der Waals surface area contributed by atoms with Crippen molar-refractivity contribution in [3.05, 3.63) is 59.0 Å². The van der Waals surface area contributed by atoms with Crippen molar-refractivity contribution in [1.29, 1.82) is 0 Å². The van der Waals surface area contributed by atoms with Gasteiger partial charge in [0.2, 0.25) is 0 Å². The number of hydrogen-bond donors (Lipinski definition) is 0. The van der Waals surface area contributed by atoms with Crippen molar-refractivity contribution in [2.24, 2.45) is 10.9 Å². The summed E-state index contributed by atoms with van der Waals surface area (Å²) in [4.78, 5) is 6.01. The van der Waals surface area contributed by atoms with Gasteiger partial charge in [0.15, 0.2) is 11.6 Å². The average molecular weight is 403 g/mol. The number of halogens is 2. The van der Waals surface area contributed by atoms with Crippen molar-refractivity contribution < 1.29 is 8.78 Å². The number of allylic oxidation sites excluding steroid dienone is 9. The fraction of sp³-hybridized carbons (Fsp3) is 0.560. The first-order valence-electron chi connectivity index (χ1n) is 11.1. The molecule has 0 bridgehead atoms. The summed E-state index contributed by atoms with van der Waals surface area (Å²) < 4.78 is 29.6. The summed E-state index contributed by atoms with van der Waals surface area (Å²) in [6, 6.07) is 0. The minimum atomic E-state index is -0.455. The van der Waals surface area contributed by atoms with Crippen LogP contribution in [0.2, 0.25) is 0 Å². The summed E-state index contributed by atoms with van der Waals surface area (Å²) >= 11 is 0. The Labute approximate surface area is 175 Å². The summed E-state index contributed by atoms with van der Waals surface area (Å²) in [6.45, 7) is 9.32.